The molecule has 0 saturated heterocycles. The SMILES string of the molecule is Cc1nnc(-c2c(NS(=O)(=O)c3ccccc3)ccc(Cl)c2C(C)(C)C)n1CC(C)C. The van der Waals surface area contributed by atoms with Gasteiger partial charge in [0.1, 0.15) is 5.82 Å². The molecule has 0 atom stereocenters. The van der Waals surface area contributed by atoms with Crippen LogP contribution in [-0.4, -0.2) is 23.2 Å². The lowest BCUT2D eigenvalue weighted by atomic mass is 9.82. The highest BCUT2D eigenvalue weighted by Crippen LogP contribution is 2.42. The van der Waals surface area contributed by atoms with E-state index in [1.807, 2.05) is 32.3 Å². The topological polar surface area (TPSA) is 76.9 Å². The van der Waals surface area contributed by atoms with Gasteiger partial charge >= 0.3 is 0 Å². The van der Waals surface area contributed by atoms with Gasteiger partial charge in [-0.15, -0.1) is 10.2 Å². The number of benzene rings is 2. The summed E-state index contributed by atoms with van der Waals surface area (Å²) in [6, 6.07) is 11.7. The molecule has 0 radical (unpaired) electrons. The summed E-state index contributed by atoms with van der Waals surface area (Å²) >= 11 is 6.65. The van der Waals surface area contributed by atoms with E-state index in [9.17, 15) is 8.42 Å². The van der Waals surface area contributed by atoms with Crippen molar-refractivity contribution < 1.29 is 8.42 Å². The lowest BCUT2D eigenvalue weighted by Gasteiger charge is -2.27. The summed E-state index contributed by atoms with van der Waals surface area (Å²) in [5.41, 5.74) is 1.54. The molecule has 0 bridgehead atoms. The van der Waals surface area contributed by atoms with Crippen LogP contribution in [0.25, 0.3) is 11.4 Å². The molecule has 0 aliphatic carbocycles. The van der Waals surface area contributed by atoms with Gasteiger partial charge in [-0.1, -0.05) is 64.4 Å². The van der Waals surface area contributed by atoms with Gasteiger partial charge < -0.3 is 4.57 Å². The average Bonchev–Trinajstić information content (AvgIpc) is 3.02. The molecule has 0 unspecified atom stereocenters. The molecule has 31 heavy (non-hydrogen) atoms. The van der Waals surface area contributed by atoms with Crippen molar-refractivity contribution in [2.45, 2.75) is 58.4 Å². The summed E-state index contributed by atoms with van der Waals surface area (Å²) in [7, 11) is -3.80. The molecule has 0 aliphatic rings. The van der Waals surface area contributed by atoms with Crippen LogP contribution in [0.2, 0.25) is 5.02 Å². The zero-order valence-corrected chi connectivity index (χ0v) is 20.3. The molecule has 1 aromatic heterocycles. The molecule has 166 valence electrons. The van der Waals surface area contributed by atoms with E-state index < -0.39 is 10.0 Å². The Balaban J connectivity index is 2.28. The van der Waals surface area contributed by atoms with E-state index in [2.05, 4.69) is 28.8 Å². The molecule has 0 amide bonds. The molecular formula is C23H29ClN4O2S. The van der Waals surface area contributed by atoms with E-state index >= 15 is 0 Å². The minimum atomic E-state index is -3.80. The Hall–Kier alpha value is -2.38. The van der Waals surface area contributed by atoms with Crippen molar-refractivity contribution >= 4 is 27.3 Å². The van der Waals surface area contributed by atoms with Crippen LogP contribution in [-0.2, 0) is 22.0 Å². The van der Waals surface area contributed by atoms with Crippen LogP contribution in [0.4, 0.5) is 5.69 Å². The van der Waals surface area contributed by atoms with Crippen LogP contribution in [0, 0.1) is 12.8 Å². The first-order chi connectivity index (χ1) is 14.4. The molecule has 0 saturated carbocycles. The normalized spacial score (nSPS) is 12.4. The molecule has 6 nitrogen and oxygen atoms in total. The smallest absolute Gasteiger partial charge is 0.261 e. The molecule has 1 heterocycles. The fourth-order valence-electron chi connectivity index (χ4n) is 3.58. The quantitative estimate of drug-likeness (QED) is 0.514. The van der Waals surface area contributed by atoms with E-state index in [0.717, 1.165) is 11.4 Å². The van der Waals surface area contributed by atoms with Crippen LogP contribution in [0.15, 0.2) is 47.4 Å². The average molecular weight is 461 g/mol. The summed E-state index contributed by atoms with van der Waals surface area (Å²) < 4.78 is 31.0. The van der Waals surface area contributed by atoms with Crippen LogP contribution >= 0.6 is 11.6 Å². The highest BCUT2D eigenvalue weighted by Gasteiger charge is 2.29. The van der Waals surface area contributed by atoms with Gasteiger partial charge in [0, 0.05) is 17.1 Å². The summed E-state index contributed by atoms with van der Waals surface area (Å²) in [6.07, 6.45) is 0. The van der Waals surface area contributed by atoms with Gasteiger partial charge in [0.15, 0.2) is 5.82 Å². The fraction of sp³-hybridized carbons (Fsp3) is 0.391. The zero-order valence-electron chi connectivity index (χ0n) is 18.8. The number of aromatic nitrogens is 3. The predicted octanol–water partition coefficient (Wildman–Crippen LogP) is 5.66. The first kappa shape index (κ1) is 23.3. The first-order valence-corrected chi connectivity index (χ1v) is 12.1. The number of nitrogens with one attached hydrogen (secondary N) is 1. The Bertz CT molecular complexity index is 1180. The third kappa shape index (κ3) is 4.93. The summed E-state index contributed by atoms with van der Waals surface area (Å²) in [6.45, 7) is 13.0. The molecule has 3 rings (SSSR count). The fourth-order valence-corrected chi connectivity index (χ4v) is 5.11. The molecule has 0 aliphatic heterocycles. The van der Waals surface area contributed by atoms with E-state index in [4.69, 9.17) is 11.6 Å². The van der Waals surface area contributed by atoms with E-state index in [0.29, 0.717) is 34.6 Å². The minimum absolute atomic E-state index is 0.188. The standard InChI is InChI=1S/C23H29ClN4O2S/c1-15(2)14-28-16(3)25-26-22(28)20-19(13-12-18(24)21(20)23(4,5)6)27-31(29,30)17-10-8-7-9-11-17/h7-13,15,27H,14H2,1-6H3. The second-order valence-corrected chi connectivity index (χ2v) is 11.2. The van der Waals surface area contributed by atoms with Crippen molar-refractivity contribution in [3.05, 3.63) is 58.9 Å². The number of sulfonamides is 1. The highest BCUT2D eigenvalue weighted by atomic mass is 35.5. The maximum Gasteiger partial charge on any atom is 0.261 e. The van der Waals surface area contributed by atoms with Crippen LogP contribution in [0.3, 0.4) is 0 Å². The maximum absolute atomic E-state index is 13.1. The Morgan fingerprint density at radius 1 is 1.06 bits per heavy atom. The Morgan fingerprint density at radius 3 is 2.29 bits per heavy atom. The number of hydrogen-bond acceptors (Lipinski definition) is 4. The van der Waals surface area contributed by atoms with Crippen LogP contribution in [0.1, 0.15) is 46.0 Å². The summed E-state index contributed by atoms with van der Waals surface area (Å²) in [5, 5.41) is 9.28. The Kier molecular flexibility index (Phi) is 6.48. The molecule has 0 fully saturated rings. The van der Waals surface area contributed by atoms with Crippen molar-refractivity contribution in [1.82, 2.24) is 14.8 Å². The molecular weight excluding hydrogens is 432 g/mol. The van der Waals surface area contributed by atoms with Gasteiger partial charge in [-0.3, -0.25) is 4.72 Å². The second-order valence-electron chi connectivity index (χ2n) is 9.09. The van der Waals surface area contributed by atoms with Crippen molar-refractivity contribution in [1.29, 1.82) is 0 Å². The predicted molar refractivity (Wildman–Crippen MR) is 126 cm³/mol. The van der Waals surface area contributed by atoms with Gasteiger partial charge in [0.2, 0.25) is 0 Å². The molecule has 2 aromatic carbocycles. The van der Waals surface area contributed by atoms with Crippen LogP contribution in [0.5, 0.6) is 0 Å². The molecule has 3 aromatic rings. The van der Waals surface area contributed by atoms with E-state index in [1.165, 1.54) is 0 Å². The third-order valence-electron chi connectivity index (χ3n) is 4.91. The highest BCUT2D eigenvalue weighted by molar-refractivity contribution is 7.92. The van der Waals surface area contributed by atoms with Gasteiger partial charge in [-0.05, 0) is 48.1 Å². The number of rotatable bonds is 6. The summed E-state index contributed by atoms with van der Waals surface area (Å²) in [4.78, 5) is 0.188. The monoisotopic (exact) mass is 460 g/mol. The molecule has 0 spiro atoms. The number of aryl methyl sites for hydroxylation is 1. The Morgan fingerprint density at radius 2 is 1.71 bits per heavy atom. The van der Waals surface area contributed by atoms with Crippen molar-refractivity contribution in [2.75, 3.05) is 4.72 Å². The lowest BCUT2D eigenvalue weighted by molar-refractivity contribution is 0.516. The van der Waals surface area contributed by atoms with Crippen molar-refractivity contribution in [3.63, 3.8) is 0 Å². The molecule has 1 N–H and O–H groups in total. The lowest BCUT2D eigenvalue weighted by Crippen LogP contribution is -2.19. The second kappa shape index (κ2) is 8.63. The zero-order chi connectivity index (χ0) is 23.0. The number of halogens is 1. The van der Waals surface area contributed by atoms with Crippen molar-refractivity contribution in [3.8, 4) is 11.4 Å². The third-order valence-corrected chi connectivity index (χ3v) is 6.61. The molecule has 8 heteroatoms. The Labute approximate surface area is 189 Å². The number of hydrogen-bond donors (Lipinski definition) is 1. The van der Waals surface area contributed by atoms with Gasteiger partial charge in [0.25, 0.3) is 10.0 Å². The van der Waals surface area contributed by atoms with Crippen LogP contribution < -0.4 is 4.72 Å². The number of anilines is 1. The number of nitrogens with zero attached hydrogens (tertiary/aromatic N) is 3. The van der Waals surface area contributed by atoms with E-state index in [-0.39, 0.29) is 10.3 Å². The first-order valence-electron chi connectivity index (χ1n) is 10.2. The van der Waals surface area contributed by atoms with Crippen molar-refractivity contribution in [2.24, 2.45) is 5.92 Å². The van der Waals surface area contributed by atoms with Gasteiger partial charge in [-0.2, -0.15) is 0 Å². The summed E-state index contributed by atoms with van der Waals surface area (Å²) in [5.74, 6) is 1.72. The minimum Gasteiger partial charge on any atom is -0.311 e. The van der Waals surface area contributed by atoms with E-state index in [1.54, 1.807) is 42.5 Å². The maximum atomic E-state index is 13.1. The largest absolute Gasteiger partial charge is 0.311 e. The van der Waals surface area contributed by atoms with Gasteiger partial charge in [0.05, 0.1) is 10.6 Å². The van der Waals surface area contributed by atoms with Gasteiger partial charge in [-0.25, -0.2) is 8.42 Å².